The van der Waals surface area contributed by atoms with Crippen molar-refractivity contribution in [3.05, 3.63) is 163 Å². The average molecular weight is 741 g/mol. The lowest BCUT2D eigenvalue weighted by Crippen LogP contribution is -2.33. The van der Waals surface area contributed by atoms with E-state index in [9.17, 15) is 14.7 Å². The van der Waals surface area contributed by atoms with Crippen molar-refractivity contribution in [1.29, 1.82) is 0 Å². The molecule has 0 fully saturated rings. The van der Waals surface area contributed by atoms with Gasteiger partial charge in [-0.3, -0.25) is 9.59 Å². The molecule has 0 spiro atoms. The Morgan fingerprint density at radius 1 is 0.571 bits per heavy atom. The molecule has 0 bridgehead atoms. The van der Waals surface area contributed by atoms with E-state index in [0.29, 0.717) is 56.5 Å². The van der Waals surface area contributed by atoms with Gasteiger partial charge < -0.3 is 30.0 Å². The van der Waals surface area contributed by atoms with Crippen LogP contribution in [0.15, 0.2) is 152 Å². The number of nitrogens with zero attached hydrogens (tertiary/aromatic N) is 2. The van der Waals surface area contributed by atoms with Crippen LogP contribution in [0.5, 0.6) is 28.9 Å². The van der Waals surface area contributed by atoms with E-state index in [1.54, 1.807) is 50.6 Å². The van der Waals surface area contributed by atoms with Crippen LogP contribution in [0, 0.1) is 0 Å². The van der Waals surface area contributed by atoms with Crippen molar-refractivity contribution in [3.63, 3.8) is 0 Å². The van der Waals surface area contributed by atoms with Crippen LogP contribution in [-0.4, -0.2) is 41.1 Å². The highest BCUT2D eigenvalue weighted by atomic mass is 16.5. The topological polar surface area (TPSA) is 132 Å². The Morgan fingerprint density at radius 2 is 1.09 bits per heavy atom. The zero-order valence-corrected chi connectivity index (χ0v) is 30.5. The maximum Gasteiger partial charge on any atom is 0.233 e. The molecule has 8 rings (SSSR count). The first-order chi connectivity index (χ1) is 27.4. The normalized spacial score (nSPS) is 12.2. The molecule has 2 amide bonds. The number of aromatic nitrogens is 2. The van der Waals surface area contributed by atoms with Crippen LogP contribution in [0.4, 0.5) is 11.4 Å². The molecule has 2 atom stereocenters. The number of ether oxygens (including phenoxy) is 3. The standard InChI is InChI=1S/C46H36N4O6/c1-54-40-25-38-39(26-41(40)55-2)47-27-48-46(38)56-37-20-16-31-22-35(18-14-33(31)24-37)50-45(53)43(29-11-7-4-8-12-29)42(28-9-5-3-6-10-28)44(52)49-34-17-13-32-23-36(51)19-15-30(32)21-34/h3-27,42-43,51H,1-2H3,(H,49,52)(H,50,53). The first-order valence-electron chi connectivity index (χ1n) is 17.9. The zero-order valence-electron chi connectivity index (χ0n) is 30.5. The van der Waals surface area contributed by atoms with Crippen molar-refractivity contribution < 1.29 is 28.9 Å². The van der Waals surface area contributed by atoms with Crippen molar-refractivity contribution in [2.75, 3.05) is 24.9 Å². The zero-order chi connectivity index (χ0) is 38.6. The van der Waals surface area contributed by atoms with Gasteiger partial charge in [-0.2, -0.15) is 0 Å². The third kappa shape index (κ3) is 7.36. The Kier molecular flexibility index (Phi) is 9.84. The van der Waals surface area contributed by atoms with Gasteiger partial charge in [0.05, 0.1) is 37.0 Å². The van der Waals surface area contributed by atoms with Gasteiger partial charge in [0.25, 0.3) is 0 Å². The number of methoxy groups -OCH3 is 2. The number of benzene rings is 7. The molecule has 2 unspecified atom stereocenters. The van der Waals surface area contributed by atoms with Gasteiger partial charge in [-0.1, -0.05) is 84.9 Å². The number of carbonyl (C=O) groups is 2. The second-order valence-corrected chi connectivity index (χ2v) is 13.2. The number of phenolic OH excluding ortho intramolecular Hbond substituents is 1. The summed E-state index contributed by atoms with van der Waals surface area (Å²) in [5.74, 6) is -0.261. The molecule has 8 aromatic rings. The highest BCUT2D eigenvalue weighted by molar-refractivity contribution is 6.06. The summed E-state index contributed by atoms with van der Waals surface area (Å²) in [5, 5.41) is 20.2. The van der Waals surface area contributed by atoms with E-state index in [4.69, 9.17) is 14.2 Å². The number of fused-ring (bicyclic) bond motifs is 3. The van der Waals surface area contributed by atoms with E-state index >= 15 is 0 Å². The van der Waals surface area contributed by atoms with Crippen molar-refractivity contribution in [3.8, 4) is 28.9 Å². The van der Waals surface area contributed by atoms with Gasteiger partial charge >= 0.3 is 0 Å². The fourth-order valence-electron chi connectivity index (χ4n) is 6.98. The minimum absolute atomic E-state index is 0.163. The molecule has 0 saturated heterocycles. The molecule has 0 saturated carbocycles. The fraction of sp³-hybridized carbons (Fsp3) is 0.0870. The van der Waals surface area contributed by atoms with Crippen LogP contribution in [0.1, 0.15) is 23.0 Å². The van der Waals surface area contributed by atoms with Crippen LogP contribution in [-0.2, 0) is 9.59 Å². The van der Waals surface area contributed by atoms with E-state index in [-0.39, 0.29) is 17.6 Å². The van der Waals surface area contributed by atoms with Crippen LogP contribution >= 0.6 is 0 Å². The van der Waals surface area contributed by atoms with Crippen LogP contribution < -0.4 is 24.8 Å². The molecule has 10 nitrogen and oxygen atoms in total. The lowest BCUT2D eigenvalue weighted by atomic mass is 9.80. The van der Waals surface area contributed by atoms with Gasteiger partial charge in [0.1, 0.15) is 17.8 Å². The first kappa shape index (κ1) is 35.6. The quantitative estimate of drug-likeness (QED) is 0.120. The fourth-order valence-corrected chi connectivity index (χ4v) is 6.98. The number of hydrogen-bond donors (Lipinski definition) is 3. The number of anilines is 2. The van der Waals surface area contributed by atoms with Crippen molar-refractivity contribution in [2.24, 2.45) is 0 Å². The van der Waals surface area contributed by atoms with E-state index in [1.165, 1.54) is 6.33 Å². The molecule has 56 heavy (non-hydrogen) atoms. The van der Waals surface area contributed by atoms with Crippen LogP contribution in [0.2, 0.25) is 0 Å². The Balaban J connectivity index is 1.08. The second kappa shape index (κ2) is 15.5. The van der Waals surface area contributed by atoms with E-state index in [1.807, 2.05) is 109 Å². The Labute approximate surface area is 322 Å². The summed E-state index contributed by atoms with van der Waals surface area (Å²) < 4.78 is 17.1. The number of rotatable bonds is 11. The number of carbonyl (C=O) groups excluding carboxylic acids is 2. The molecular formula is C46H36N4O6. The van der Waals surface area contributed by atoms with Crippen molar-refractivity contribution in [1.82, 2.24) is 9.97 Å². The summed E-state index contributed by atoms with van der Waals surface area (Å²) in [6.07, 6.45) is 1.44. The number of phenols is 1. The average Bonchev–Trinajstić information content (AvgIpc) is 3.23. The largest absolute Gasteiger partial charge is 0.508 e. The maximum atomic E-state index is 14.5. The number of amides is 2. The van der Waals surface area contributed by atoms with Gasteiger partial charge in [-0.05, 0) is 87.3 Å². The summed E-state index contributed by atoms with van der Waals surface area (Å²) in [6, 6.07) is 44.0. The highest BCUT2D eigenvalue weighted by Crippen LogP contribution is 2.38. The third-order valence-electron chi connectivity index (χ3n) is 9.70. The van der Waals surface area contributed by atoms with Crippen LogP contribution in [0.3, 0.4) is 0 Å². The minimum Gasteiger partial charge on any atom is -0.508 e. The molecular weight excluding hydrogens is 705 g/mol. The lowest BCUT2D eigenvalue weighted by Gasteiger charge is -2.27. The molecule has 0 aliphatic rings. The van der Waals surface area contributed by atoms with E-state index in [0.717, 1.165) is 21.5 Å². The number of aromatic hydroxyl groups is 1. The summed E-state index contributed by atoms with van der Waals surface area (Å²) in [7, 11) is 3.13. The summed E-state index contributed by atoms with van der Waals surface area (Å²) in [6.45, 7) is 0. The second-order valence-electron chi connectivity index (χ2n) is 13.2. The summed E-state index contributed by atoms with van der Waals surface area (Å²) in [5.41, 5.74) is 3.18. The molecule has 10 heteroatoms. The molecule has 0 aliphatic heterocycles. The smallest absolute Gasteiger partial charge is 0.233 e. The predicted molar refractivity (Wildman–Crippen MR) is 218 cm³/mol. The van der Waals surface area contributed by atoms with Crippen molar-refractivity contribution in [2.45, 2.75) is 11.8 Å². The Hall–Kier alpha value is -7.46. The predicted octanol–water partition coefficient (Wildman–Crippen LogP) is 9.60. The molecule has 3 N–H and O–H groups in total. The SMILES string of the molecule is COc1cc2ncnc(Oc3ccc4cc(NC(=O)C(c5ccccc5)C(C(=O)Nc5ccc6cc(O)ccc6c5)c5ccccc5)ccc4c3)c2cc1OC. The van der Waals surface area contributed by atoms with Crippen LogP contribution in [0.25, 0.3) is 32.4 Å². The minimum atomic E-state index is -0.885. The molecule has 1 heterocycles. The lowest BCUT2D eigenvalue weighted by molar-refractivity contribution is -0.124. The summed E-state index contributed by atoms with van der Waals surface area (Å²) in [4.78, 5) is 37.6. The molecule has 7 aromatic carbocycles. The maximum absolute atomic E-state index is 14.5. The van der Waals surface area contributed by atoms with Gasteiger partial charge in [0.15, 0.2) is 11.5 Å². The molecule has 276 valence electrons. The third-order valence-corrected chi connectivity index (χ3v) is 9.70. The monoisotopic (exact) mass is 740 g/mol. The number of hydrogen-bond acceptors (Lipinski definition) is 8. The van der Waals surface area contributed by atoms with Gasteiger partial charge in [0, 0.05) is 17.4 Å². The van der Waals surface area contributed by atoms with Gasteiger partial charge in [-0.15, -0.1) is 0 Å². The van der Waals surface area contributed by atoms with E-state index in [2.05, 4.69) is 20.6 Å². The van der Waals surface area contributed by atoms with Gasteiger partial charge in [0.2, 0.25) is 17.7 Å². The highest BCUT2D eigenvalue weighted by Gasteiger charge is 2.36. The molecule has 0 radical (unpaired) electrons. The van der Waals surface area contributed by atoms with E-state index < -0.39 is 11.8 Å². The number of nitrogens with one attached hydrogen (secondary N) is 2. The Bertz CT molecular complexity index is 2720. The molecule has 0 aliphatic carbocycles. The molecule has 1 aromatic heterocycles. The van der Waals surface area contributed by atoms with Gasteiger partial charge in [-0.25, -0.2) is 9.97 Å². The van der Waals surface area contributed by atoms with Crippen molar-refractivity contribution >= 4 is 55.6 Å². The Morgan fingerprint density at radius 3 is 1.68 bits per heavy atom. The first-order valence-corrected chi connectivity index (χ1v) is 17.9. The summed E-state index contributed by atoms with van der Waals surface area (Å²) >= 11 is 0.